The Kier molecular flexibility index (Phi) is 8.74. The Labute approximate surface area is 170 Å². The van der Waals surface area contributed by atoms with Crippen molar-refractivity contribution in [3.63, 3.8) is 0 Å². The average Bonchev–Trinajstić information content (AvgIpc) is 3.30. The van der Waals surface area contributed by atoms with Gasteiger partial charge >= 0.3 is 0 Å². The zero-order valence-corrected chi connectivity index (χ0v) is 17.8. The SMILES string of the molecule is Cc1cnc(CCN=C(NCCc2ccco2)NC2CCCC2)s1.I. The van der Waals surface area contributed by atoms with Crippen LogP contribution in [0, 0.1) is 6.92 Å². The molecule has 138 valence electrons. The van der Waals surface area contributed by atoms with Crippen molar-refractivity contribution in [2.75, 3.05) is 13.1 Å². The first-order valence-electron chi connectivity index (χ1n) is 8.78. The van der Waals surface area contributed by atoms with Crippen LogP contribution in [0.4, 0.5) is 0 Å². The van der Waals surface area contributed by atoms with Crippen molar-refractivity contribution in [3.05, 3.63) is 40.2 Å². The molecule has 2 heterocycles. The van der Waals surface area contributed by atoms with E-state index in [0.717, 1.165) is 42.7 Å². The van der Waals surface area contributed by atoms with Crippen molar-refractivity contribution in [3.8, 4) is 0 Å². The first kappa shape index (κ1) is 20.2. The Balaban J connectivity index is 0.00000225. The number of nitrogens with zero attached hydrogens (tertiary/aromatic N) is 2. The number of halogens is 1. The maximum Gasteiger partial charge on any atom is 0.191 e. The molecule has 2 aromatic heterocycles. The lowest BCUT2D eigenvalue weighted by Gasteiger charge is -2.17. The third kappa shape index (κ3) is 6.97. The van der Waals surface area contributed by atoms with E-state index >= 15 is 0 Å². The summed E-state index contributed by atoms with van der Waals surface area (Å²) in [4.78, 5) is 10.4. The van der Waals surface area contributed by atoms with Crippen LogP contribution in [0.25, 0.3) is 0 Å². The Bertz CT molecular complexity index is 635. The van der Waals surface area contributed by atoms with E-state index in [1.165, 1.54) is 30.6 Å². The topological polar surface area (TPSA) is 62.5 Å². The van der Waals surface area contributed by atoms with Crippen LogP contribution in [0.2, 0.25) is 0 Å². The van der Waals surface area contributed by atoms with Gasteiger partial charge in [-0.3, -0.25) is 4.99 Å². The van der Waals surface area contributed by atoms with Crippen molar-refractivity contribution in [1.82, 2.24) is 15.6 Å². The van der Waals surface area contributed by atoms with Crippen molar-refractivity contribution in [2.45, 2.75) is 51.5 Å². The van der Waals surface area contributed by atoms with Gasteiger partial charge in [-0.25, -0.2) is 4.98 Å². The summed E-state index contributed by atoms with van der Waals surface area (Å²) in [6.07, 6.45) is 10.5. The molecule has 1 fully saturated rings. The molecule has 0 aliphatic heterocycles. The molecule has 0 saturated heterocycles. The van der Waals surface area contributed by atoms with Gasteiger partial charge in [-0.2, -0.15) is 0 Å². The van der Waals surface area contributed by atoms with E-state index in [0.29, 0.717) is 6.04 Å². The van der Waals surface area contributed by atoms with Gasteiger partial charge < -0.3 is 15.1 Å². The van der Waals surface area contributed by atoms with Gasteiger partial charge in [-0.15, -0.1) is 35.3 Å². The van der Waals surface area contributed by atoms with E-state index in [2.05, 4.69) is 22.5 Å². The van der Waals surface area contributed by atoms with E-state index in [4.69, 9.17) is 9.41 Å². The van der Waals surface area contributed by atoms with Crippen molar-refractivity contribution in [1.29, 1.82) is 0 Å². The number of aryl methyl sites for hydroxylation is 1. The smallest absolute Gasteiger partial charge is 0.191 e. The molecule has 0 aromatic carbocycles. The largest absolute Gasteiger partial charge is 0.469 e. The molecule has 2 N–H and O–H groups in total. The lowest BCUT2D eigenvalue weighted by Crippen LogP contribution is -2.43. The Morgan fingerprint density at radius 2 is 2.20 bits per heavy atom. The second-order valence-corrected chi connectivity index (χ2v) is 7.55. The molecule has 3 rings (SSSR count). The highest BCUT2D eigenvalue weighted by Gasteiger charge is 2.16. The standard InChI is InChI=1S/C18H26N4OS.HI/c1-14-13-21-17(24-14)9-11-20-18(22-15-5-2-3-6-15)19-10-8-16-7-4-12-23-16;/h4,7,12-13,15H,2-3,5-6,8-11H2,1H3,(H2,19,20,22);1H. The van der Waals surface area contributed by atoms with Gasteiger partial charge in [0, 0.05) is 43.0 Å². The number of furan rings is 1. The average molecular weight is 474 g/mol. The predicted octanol–water partition coefficient (Wildman–Crippen LogP) is 3.93. The monoisotopic (exact) mass is 474 g/mol. The minimum atomic E-state index is 0. The van der Waals surface area contributed by atoms with Crippen LogP contribution in [0.3, 0.4) is 0 Å². The number of thiazole rings is 1. The fraction of sp³-hybridized carbons (Fsp3) is 0.556. The molecule has 0 atom stereocenters. The van der Waals surface area contributed by atoms with Gasteiger partial charge in [0.2, 0.25) is 0 Å². The molecule has 7 heteroatoms. The number of hydrogen-bond donors (Lipinski definition) is 2. The molecule has 25 heavy (non-hydrogen) atoms. The van der Waals surface area contributed by atoms with Crippen molar-refractivity contribution in [2.24, 2.45) is 4.99 Å². The van der Waals surface area contributed by atoms with E-state index < -0.39 is 0 Å². The quantitative estimate of drug-likeness (QED) is 0.363. The van der Waals surface area contributed by atoms with Crippen LogP contribution < -0.4 is 10.6 Å². The maximum absolute atomic E-state index is 5.38. The number of guanidine groups is 1. The fourth-order valence-electron chi connectivity index (χ4n) is 2.96. The summed E-state index contributed by atoms with van der Waals surface area (Å²) in [5.41, 5.74) is 0. The zero-order valence-electron chi connectivity index (χ0n) is 14.7. The summed E-state index contributed by atoms with van der Waals surface area (Å²) < 4.78 is 5.38. The third-order valence-electron chi connectivity index (χ3n) is 4.20. The summed E-state index contributed by atoms with van der Waals surface area (Å²) in [5, 5.41) is 8.18. The molecule has 0 amide bonds. The highest BCUT2D eigenvalue weighted by Crippen LogP contribution is 2.17. The number of rotatable bonds is 7. The molecule has 1 saturated carbocycles. The highest BCUT2D eigenvalue weighted by molar-refractivity contribution is 14.0. The summed E-state index contributed by atoms with van der Waals surface area (Å²) >= 11 is 1.75. The number of nitrogens with one attached hydrogen (secondary N) is 2. The van der Waals surface area contributed by atoms with Crippen LogP contribution in [0.15, 0.2) is 34.0 Å². The summed E-state index contributed by atoms with van der Waals surface area (Å²) in [7, 11) is 0. The first-order valence-corrected chi connectivity index (χ1v) is 9.60. The van der Waals surface area contributed by atoms with Gasteiger partial charge in [-0.1, -0.05) is 12.8 Å². The predicted molar refractivity (Wildman–Crippen MR) is 114 cm³/mol. The normalized spacial score (nSPS) is 15.2. The van der Waals surface area contributed by atoms with E-state index in [9.17, 15) is 0 Å². The Hall–Kier alpha value is -1.09. The van der Waals surface area contributed by atoms with Crippen molar-refractivity contribution >= 4 is 41.3 Å². The van der Waals surface area contributed by atoms with Gasteiger partial charge in [0.15, 0.2) is 5.96 Å². The Morgan fingerprint density at radius 3 is 2.88 bits per heavy atom. The van der Waals surface area contributed by atoms with Crippen LogP contribution in [-0.2, 0) is 12.8 Å². The minimum Gasteiger partial charge on any atom is -0.469 e. The molecular formula is C18H27IN4OS. The first-order chi connectivity index (χ1) is 11.8. The van der Waals surface area contributed by atoms with E-state index in [1.54, 1.807) is 17.6 Å². The summed E-state index contributed by atoms with van der Waals surface area (Å²) in [6, 6.07) is 4.49. The molecule has 1 aliphatic carbocycles. The Morgan fingerprint density at radius 1 is 1.36 bits per heavy atom. The molecule has 2 aromatic rings. The van der Waals surface area contributed by atoms with Crippen LogP contribution in [0.5, 0.6) is 0 Å². The van der Waals surface area contributed by atoms with E-state index in [-0.39, 0.29) is 24.0 Å². The lowest BCUT2D eigenvalue weighted by molar-refractivity contribution is 0.506. The molecule has 1 aliphatic rings. The van der Waals surface area contributed by atoms with Gasteiger partial charge in [0.1, 0.15) is 5.76 Å². The number of aliphatic imine (C=N–C) groups is 1. The highest BCUT2D eigenvalue weighted by atomic mass is 127. The van der Waals surface area contributed by atoms with E-state index in [1.807, 2.05) is 18.3 Å². The fourth-order valence-corrected chi connectivity index (χ4v) is 3.73. The number of aromatic nitrogens is 1. The molecule has 0 bridgehead atoms. The van der Waals surface area contributed by atoms with Crippen LogP contribution >= 0.6 is 35.3 Å². The molecule has 0 radical (unpaired) electrons. The summed E-state index contributed by atoms with van der Waals surface area (Å²) in [5.74, 6) is 1.92. The number of hydrogen-bond acceptors (Lipinski definition) is 4. The van der Waals surface area contributed by atoms with Crippen LogP contribution in [0.1, 0.15) is 41.3 Å². The lowest BCUT2D eigenvalue weighted by atomic mass is 10.2. The molecule has 0 spiro atoms. The van der Waals surface area contributed by atoms with Crippen LogP contribution in [-0.4, -0.2) is 30.1 Å². The third-order valence-corrected chi connectivity index (χ3v) is 5.18. The molecule has 0 unspecified atom stereocenters. The summed E-state index contributed by atoms with van der Waals surface area (Å²) in [6.45, 7) is 3.67. The zero-order chi connectivity index (χ0) is 16.6. The van der Waals surface area contributed by atoms with Crippen molar-refractivity contribution < 1.29 is 4.42 Å². The maximum atomic E-state index is 5.38. The second kappa shape index (κ2) is 10.8. The molecule has 5 nitrogen and oxygen atoms in total. The van der Waals surface area contributed by atoms with Gasteiger partial charge in [0.25, 0.3) is 0 Å². The van der Waals surface area contributed by atoms with Gasteiger partial charge in [-0.05, 0) is 31.9 Å². The minimum absolute atomic E-state index is 0. The van der Waals surface area contributed by atoms with Gasteiger partial charge in [0.05, 0.1) is 11.3 Å². The second-order valence-electron chi connectivity index (χ2n) is 6.23. The molecular weight excluding hydrogens is 447 g/mol.